The monoisotopic (exact) mass is 209 g/mol. The van der Waals surface area contributed by atoms with Gasteiger partial charge in [-0.1, -0.05) is 0 Å². The molecule has 1 fully saturated rings. The molecule has 1 atom stereocenters. The molecule has 1 aliphatic carbocycles. The van der Waals surface area contributed by atoms with Crippen LogP contribution in [0, 0.1) is 0 Å². The van der Waals surface area contributed by atoms with E-state index in [1.54, 1.807) is 6.20 Å². The van der Waals surface area contributed by atoms with Gasteiger partial charge in [-0.25, -0.2) is 0 Å². The fourth-order valence-electron chi connectivity index (χ4n) is 1.90. The van der Waals surface area contributed by atoms with E-state index in [4.69, 9.17) is 10.8 Å². The van der Waals surface area contributed by atoms with Crippen molar-refractivity contribution in [2.75, 3.05) is 0 Å². The van der Waals surface area contributed by atoms with E-state index in [9.17, 15) is 4.79 Å². The van der Waals surface area contributed by atoms with Crippen LogP contribution in [0.15, 0.2) is 6.20 Å². The summed E-state index contributed by atoms with van der Waals surface area (Å²) in [6.07, 6.45) is 3.98. The number of aliphatic carboxylic acids is 1. The molecule has 1 aliphatic rings. The number of hydrogen-bond acceptors (Lipinski definition) is 3. The normalized spacial score (nSPS) is 17.7. The van der Waals surface area contributed by atoms with Gasteiger partial charge in [-0.3, -0.25) is 9.48 Å². The first-order valence-electron chi connectivity index (χ1n) is 5.08. The summed E-state index contributed by atoms with van der Waals surface area (Å²) in [5.74, 6) is -0.333. The highest BCUT2D eigenvalue weighted by Crippen LogP contribution is 2.42. The van der Waals surface area contributed by atoms with E-state index < -0.39 is 12.0 Å². The number of carboxylic acids is 1. The quantitative estimate of drug-likeness (QED) is 0.767. The maximum absolute atomic E-state index is 10.6. The number of rotatable bonds is 4. The minimum atomic E-state index is -0.867. The maximum Gasteiger partial charge on any atom is 0.305 e. The van der Waals surface area contributed by atoms with Crippen LogP contribution in [0.5, 0.6) is 0 Å². The lowest BCUT2D eigenvalue weighted by Gasteiger charge is -2.10. The van der Waals surface area contributed by atoms with Gasteiger partial charge in [-0.2, -0.15) is 5.10 Å². The molecule has 1 aromatic heterocycles. The summed E-state index contributed by atoms with van der Waals surface area (Å²) >= 11 is 0. The highest BCUT2D eigenvalue weighted by molar-refractivity contribution is 5.68. The minimum Gasteiger partial charge on any atom is -0.481 e. The Labute approximate surface area is 87.9 Å². The third-order valence-corrected chi connectivity index (χ3v) is 2.77. The topological polar surface area (TPSA) is 81.1 Å². The van der Waals surface area contributed by atoms with Crippen LogP contribution in [0.25, 0.3) is 0 Å². The van der Waals surface area contributed by atoms with Crippen molar-refractivity contribution < 1.29 is 9.90 Å². The molecule has 0 saturated heterocycles. The third-order valence-electron chi connectivity index (χ3n) is 2.77. The van der Waals surface area contributed by atoms with Crippen LogP contribution in [-0.2, 0) is 11.8 Å². The number of aromatic nitrogens is 2. The fourth-order valence-corrected chi connectivity index (χ4v) is 1.90. The lowest BCUT2D eigenvalue weighted by atomic mass is 10.0. The molecule has 0 radical (unpaired) electrons. The predicted octanol–water partition coefficient (Wildman–Crippen LogP) is 0.772. The van der Waals surface area contributed by atoms with Crippen molar-refractivity contribution in [1.82, 2.24) is 9.78 Å². The number of carboxylic acid groups (broad SMARTS) is 1. The molecular formula is C10H15N3O2. The molecule has 15 heavy (non-hydrogen) atoms. The predicted molar refractivity (Wildman–Crippen MR) is 54.4 cm³/mol. The van der Waals surface area contributed by atoms with Crippen LogP contribution in [0.1, 0.15) is 42.5 Å². The maximum atomic E-state index is 10.6. The average Bonchev–Trinajstić information content (AvgIpc) is 2.89. The summed E-state index contributed by atoms with van der Waals surface area (Å²) in [5, 5.41) is 12.8. The van der Waals surface area contributed by atoms with Gasteiger partial charge in [-0.15, -0.1) is 0 Å². The zero-order valence-corrected chi connectivity index (χ0v) is 8.68. The van der Waals surface area contributed by atoms with Gasteiger partial charge in [0.25, 0.3) is 0 Å². The van der Waals surface area contributed by atoms with Crippen LogP contribution in [-0.4, -0.2) is 20.9 Å². The Morgan fingerprint density at radius 3 is 3.00 bits per heavy atom. The Morgan fingerprint density at radius 2 is 2.47 bits per heavy atom. The van der Waals surface area contributed by atoms with E-state index in [2.05, 4.69) is 5.10 Å². The molecule has 1 heterocycles. The number of nitrogens with two attached hydrogens (primary N) is 1. The Balaban J connectivity index is 2.23. The van der Waals surface area contributed by atoms with Gasteiger partial charge in [0.2, 0.25) is 0 Å². The molecule has 0 aromatic carbocycles. The van der Waals surface area contributed by atoms with Gasteiger partial charge < -0.3 is 10.8 Å². The van der Waals surface area contributed by atoms with E-state index in [-0.39, 0.29) is 6.42 Å². The van der Waals surface area contributed by atoms with Gasteiger partial charge in [0.1, 0.15) is 0 Å². The standard InChI is InChI=1S/C10H15N3O2/c1-13-10(6-2-3-6)7(5-12-13)8(11)4-9(14)15/h5-6,8H,2-4,11H2,1H3,(H,14,15). The van der Waals surface area contributed by atoms with Gasteiger partial charge in [0.15, 0.2) is 0 Å². The summed E-state index contributed by atoms with van der Waals surface area (Å²) in [6.45, 7) is 0. The largest absolute Gasteiger partial charge is 0.481 e. The van der Waals surface area contributed by atoms with Gasteiger partial charge >= 0.3 is 5.97 Å². The molecule has 0 aliphatic heterocycles. The first-order chi connectivity index (χ1) is 7.09. The summed E-state index contributed by atoms with van der Waals surface area (Å²) < 4.78 is 1.81. The Kier molecular flexibility index (Phi) is 2.48. The van der Waals surface area contributed by atoms with Crippen molar-refractivity contribution in [1.29, 1.82) is 0 Å². The van der Waals surface area contributed by atoms with E-state index in [1.165, 1.54) is 0 Å². The van der Waals surface area contributed by atoms with Crippen molar-refractivity contribution in [3.63, 3.8) is 0 Å². The summed E-state index contributed by atoms with van der Waals surface area (Å²) in [5.41, 5.74) is 7.85. The second-order valence-electron chi connectivity index (χ2n) is 4.09. The minimum absolute atomic E-state index is 0.0363. The van der Waals surface area contributed by atoms with Crippen molar-refractivity contribution in [2.45, 2.75) is 31.2 Å². The number of hydrogen-bond donors (Lipinski definition) is 2. The van der Waals surface area contributed by atoms with Crippen molar-refractivity contribution in [2.24, 2.45) is 12.8 Å². The van der Waals surface area contributed by atoms with Crippen molar-refractivity contribution in [3.05, 3.63) is 17.5 Å². The average molecular weight is 209 g/mol. The molecule has 2 rings (SSSR count). The molecule has 82 valence electrons. The number of carbonyl (C=O) groups is 1. The zero-order valence-electron chi connectivity index (χ0n) is 8.68. The van der Waals surface area contributed by atoms with Crippen LogP contribution < -0.4 is 5.73 Å². The summed E-state index contributed by atoms with van der Waals surface area (Å²) in [6, 6.07) is -0.438. The highest BCUT2D eigenvalue weighted by atomic mass is 16.4. The molecule has 0 bridgehead atoms. The zero-order chi connectivity index (χ0) is 11.0. The Morgan fingerprint density at radius 1 is 1.80 bits per heavy atom. The smallest absolute Gasteiger partial charge is 0.305 e. The lowest BCUT2D eigenvalue weighted by molar-refractivity contribution is -0.137. The van der Waals surface area contributed by atoms with Gasteiger partial charge in [0.05, 0.1) is 12.6 Å². The molecule has 5 nitrogen and oxygen atoms in total. The van der Waals surface area contributed by atoms with E-state index in [1.807, 2.05) is 11.7 Å². The molecule has 5 heteroatoms. The van der Waals surface area contributed by atoms with E-state index >= 15 is 0 Å². The Bertz CT molecular complexity index is 382. The molecule has 1 aromatic rings. The number of aryl methyl sites for hydroxylation is 1. The van der Waals surface area contributed by atoms with E-state index in [0.717, 1.165) is 24.1 Å². The van der Waals surface area contributed by atoms with Crippen molar-refractivity contribution in [3.8, 4) is 0 Å². The third kappa shape index (κ3) is 2.02. The van der Waals surface area contributed by atoms with Crippen LogP contribution in [0.4, 0.5) is 0 Å². The molecule has 1 unspecified atom stereocenters. The number of nitrogens with zero attached hydrogens (tertiary/aromatic N) is 2. The summed E-state index contributed by atoms with van der Waals surface area (Å²) in [7, 11) is 1.88. The lowest BCUT2D eigenvalue weighted by Crippen LogP contribution is -2.16. The molecule has 3 N–H and O–H groups in total. The second-order valence-corrected chi connectivity index (χ2v) is 4.09. The highest BCUT2D eigenvalue weighted by Gasteiger charge is 2.31. The fraction of sp³-hybridized carbons (Fsp3) is 0.600. The molecule has 0 amide bonds. The Hall–Kier alpha value is -1.36. The van der Waals surface area contributed by atoms with E-state index in [0.29, 0.717) is 5.92 Å². The molecule has 1 saturated carbocycles. The van der Waals surface area contributed by atoms with Gasteiger partial charge in [0, 0.05) is 30.3 Å². The first kappa shape index (κ1) is 10.2. The van der Waals surface area contributed by atoms with Crippen molar-refractivity contribution >= 4 is 5.97 Å². The second kappa shape index (κ2) is 3.66. The van der Waals surface area contributed by atoms with Crippen LogP contribution in [0.2, 0.25) is 0 Å². The SMILES string of the molecule is Cn1ncc(C(N)CC(=O)O)c1C1CC1. The summed E-state index contributed by atoms with van der Waals surface area (Å²) in [4.78, 5) is 10.6. The van der Waals surface area contributed by atoms with Crippen LogP contribution in [0.3, 0.4) is 0 Å². The van der Waals surface area contributed by atoms with Gasteiger partial charge in [-0.05, 0) is 12.8 Å². The molecule has 0 spiro atoms. The first-order valence-corrected chi connectivity index (χ1v) is 5.08. The van der Waals surface area contributed by atoms with Crippen LogP contribution >= 0.6 is 0 Å². The molecular weight excluding hydrogens is 194 g/mol.